The Morgan fingerprint density at radius 1 is 1.28 bits per heavy atom. The van der Waals surface area contributed by atoms with Crippen molar-refractivity contribution in [1.29, 1.82) is 0 Å². The van der Waals surface area contributed by atoms with E-state index in [0.29, 0.717) is 23.8 Å². The molecule has 156 valence electrons. The van der Waals surface area contributed by atoms with Gasteiger partial charge in [0.1, 0.15) is 11.5 Å². The molecule has 9 heteroatoms. The van der Waals surface area contributed by atoms with E-state index < -0.39 is 4.92 Å². The lowest BCUT2D eigenvalue weighted by Crippen LogP contribution is -2.37. The van der Waals surface area contributed by atoms with Crippen LogP contribution in [0.15, 0.2) is 24.5 Å². The van der Waals surface area contributed by atoms with Gasteiger partial charge in [-0.25, -0.2) is 4.98 Å². The molecule has 9 nitrogen and oxygen atoms in total. The molecule has 1 saturated carbocycles. The summed E-state index contributed by atoms with van der Waals surface area (Å²) in [4.78, 5) is 28.3. The van der Waals surface area contributed by atoms with Crippen molar-refractivity contribution >= 4 is 23.0 Å². The van der Waals surface area contributed by atoms with Crippen molar-refractivity contribution in [3.05, 3.63) is 46.0 Å². The zero-order valence-corrected chi connectivity index (χ0v) is 17.1. The van der Waals surface area contributed by atoms with Crippen LogP contribution in [0, 0.1) is 16.0 Å². The summed E-state index contributed by atoms with van der Waals surface area (Å²) in [6, 6.07) is 3.05. The molecule has 1 aromatic carbocycles. The number of aromatic nitrogens is 2. The Hall–Kier alpha value is -3.10. The summed E-state index contributed by atoms with van der Waals surface area (Å²) in [7, 11) is 3.50. The van der Waals surface area contributed by atoms with Crippen LogP contribution in [-0.2, 0) is 13.6 Å². The first kappa shape index (κ1) is 20.6. The van der Waals surface area contributed by atoms with Crippen molar-refractivity contribution in [1.82, 2.24) is 14.9 Å². The molecular formula is C20H28N6O3. The van der Waals surface area contributed by atoms with Crippen LogP contribution in [0.2, 0.25) is 0 Å². The maximum Gasteiger partial charge on any atom is 0.293 e. The van der Waals surface area contributed by atoms with Gasteiger partial charge in [-0.15, -0.1) is 0 Å². The van der Waals surface area contributed by atoms with Crippen LogP contribution in [-0.4, -0.2) is 33.5 Å². The van der Waals surface area contributed by atoms with Crippen molar-refractivity contribution in [2.45, 2.75) is 45.2 Å². The van der Waals surface area contributed by atoms with Gasteiger partial charge in [0.05, 0.1) is 17.0 Å². The molecule has 1 fully saturated rings. The van der Waals surface area contributed by atoms with Gasteiger partial charge in [-0.3, -0.25) is 14.9 Å². The van der Waals surface area contributed by atoms with E-state index in [4.69, 9.17) is 0 Å². The Balaban J connectivity index is 1.87. The minimum absolute atomic E-state index is 0.101. The number of nitro benzene ring substituents is 1. The number of rotatable bonds is 7. The lowest BCUT2D eigenvalue weighted by atomic mass is 9.87. The molecule has 0 atom stereocenters. The molecule has 0 bridgehead atoms. The van der Waals surface area contributed by atoms with Gasteiger partial charge in [0.15, 0.2) is 0 Å². The zero-order valence-electron chi connectivity index (χ0n) is 17.1. The molecule has 0 radical (unpaired) electrons. The summed E-state index contributed by atoms with van der Waals surface area (Å²) in [6.07, 6.45) is 7.55. The highest BCUT2D eigenvalue weighted by atomic mass is 16.6. The van der Waals surface area contributed by atoms with Crippen molar-refractivity contribution in [3.63, 3.8) is 0 Å². The van der Waals surface area contributed by atoms with Gasteiger partial charge in [0.25, 0.3) is 11.6 Å². The number of hydrogen-bond donors (Lipinski definition) is 3. The minimum atomic E-state index is -0.479. The van der Waals surface area contributed by atoms with Crippen LogP contribution in [0.5, 0.6) is 0 Å². The third-order valence-electron chi connectivity index (χ3n) is 5.56. The van der Waals surface area contributed by atoms with Gasteiger partial charge in [0.2, 0.25) is 0 Å². The molecular weight excluding hydrogens is 372 g/mol. The highest BCUT2D eigenvalue weighted by molar-refractivity contribution is 6.01. The maximum atomic E-state index is 13.0. The number of carbonyl (C=O) groups is 1. The number of aryl methyl sites for hydroxylation is 1. The molecule has 3 rings (SSSR count). The molecule has 0 aliphatic heterocycles. The number of amides is 1. The number of anilines is 2. The number of hydrogen-bond acceptors (Lipinski definition) is 6. The Morgan fingerprint density at radius 2 is 2.00 bits per heavy atom. The average Bonchev–Trinajstić information content (AvgIpc) is 3.12. The minimum Gasteiger partial charge on any atom is -0.383 e. The average molecular weight is 400 g/mol. The van der Waals surface area contributed by atoms with Gasteiger partial charge in [-0.1, -0.05) is 6.92 Å². The molecule has 1 aromatic heterocycles. The SMILES string of the molecule is CNc1cc(NCc2nccn2C)c(C(=O)N[C@H]2CC[C@H](C)CC2)cc1[N+](=O)[O-]. The summed E-state index contributed by atoms with van der Waals surface area (Å²) >= 11 is 0. The number of carbonyl (C=O) groups excluding carboxylic acids is 1. The van der Waals surface area contributed by atoms with E-state index in [1.54, 1.807) is 19.3 Å². The number of nitrogens with zero attached hydrogens (tertiary/aromatic N) is 3. The van der Waals surface area contributed by atoms with Crippen molar-refractivity contribution in [2.24, 2.45) is 13.0 Å². The van der Waals surface area contributed by atoms with E-state index in [9.17, 15) is 14.9 Å². The quantitative estimate of drug-likeness (QED) is 0.485. The van der Waals surface area contributed by atoms with Crippen molar-refractivity contribution in [3.8, 4) is 0 Å². The molecule has 3 N–H and O–H groups in total. The molecule has 1 heterocycles. The first-order valence-electron chi connectivity index (χ1n) is 9.90. The predicted molar refractivity (Wildman–Crippen MR) is 112 cm³/mol. The monoisotopic (exact) mass is 400 g/mol. The lowest BCUT2D eigenvalue weighted by molar-refractivity contribution is -0.383. The molecule has 2 aromatic rings. The van der Waals surface area contributed by atoms with Gasteiger partial charge < -0.3 is 20.5 Å². The second-order valence-electron chi connectivity index (χ2n) is 7.66. The number of nitrogens with one attached hydrogen (secondary N) is 3. The first-order chi connectivity index (χ1) is 13.9. The van der Waals surface area contributed by atoms with Crippen molar-refractivity contribution < 1.29 is 9.72 Å². The Labute approximate surface area is 170 Å². The maximum absolute atomic E-state index is 13.0. The summed E-state index contributed by atoms with van der Waals surface area (Å²) in [5.74, 6) is 1.17. The van der Waals surface area contributed by atoms with Crippen LogP contribution in [0.1, 0.15) is 48.8 Å². The van der Waals surface area contributed by atoms with E-state index in [1.807, 2.05) is 17.8 Å². The van der Waals surface area contributed by atoms with E-state index >= 15 is 0 Å². The highest BCUT2D eigenvalue weighted by Gasteiger charge is 2.25. The fourth-order valence-corrected chi connectivity index (χ4v) is 3.68. The van der Waals surface area contributed by atoms with Crippen LogP contribution in [0.4, 0.5) is 17.1 Å². The topological polar surface area (TPSA) is 114 Å². The largest absolute Gasteiger partial charge is 0.383 e. The van der Waals surface area contributed by atoms with Crippen LogP contribution >= 0.6 is 0 Å². The Morgan fingerprint density at radius 3 is 2.59 bits per heavy atom. The molecule has 0 saturated heterocycles. The Kier molecular flexibility index (Phi) is 6.36. The van der Waals surface area contributed by atoms with Gasteiger partial charge in [-0.05, 0) is 37.7 Å². The van der Waals surface area contributed by atoms with E-state index in [2.05, 4.69) is 27.9 Å². The number of benzene rings is 1. The smallest absolute Gasteiger partial charge is 0.293 e. The molecule has 1 amide bonds. The predicted octanol–water partition coefficient (Wildman–Crippen LogP) is 3.29. The van der Waals surface area contributed by atoms with Gasteiger partial charge >= 0.3 is 0 Å². The third-order valence-corrected chi connectivity index (χ3v) is 5.56. The van der Waals surface area contributed by atoms with Crippen LogP contribution in [0.25, 0.3) is 0 Å². The van der Waals surface area contributed by atoms with Crippen LogP contribution < -0.4 is 16.0 Å². The summed E-state index contributed by atoms with van der Waals surface area (Å²) in [5, 5.41) is 20.6. The fourth-order valence-electron chi connectivity index (χ4n) is 3.68. The van der Waals surface area contributed by atoms with Gasteiger partial charge in [-0.2, -0.15) is 0 Å². The van der Waals surface area contributed by atoms with Crippen molar-refractivity contribution in [2.75, 3.05) is 17.7 Å². The second kappa shape index (κ2) is 8.93. The zero-order chi connectivity index (χ0) is 21.0. The molecule has 29 heavy (non-hydrogen) atoms. The molecule has 1 aliphatic carbocycles. The normalized spacial score (nSPS) is 18.9. The highest BCUT2D eigenvalue weighted by Crippen LogP contribution is 2.32. The van der Waals surface area contributed by atoms with E-state index in [1.165, 1.54) is 6.07 Å². The summed E-state index contributed by atoms with van der Waals surface area (Å²) in [6.45, 7) is 2.61. The van der Waals surface area contributed by atoms with Crippen LogP contribution in [0.3, 0.4) is 0 Å². The number of nitro groups is 1. The molecule has 0 unspecified atom stereocenters. The molecule has 1 aliphatic rings. The second-order valence-corrected chi connectivity index (χ2v) is 7.66. The standard InChI is InChI=1S/C20H28N6O3/c1-13-4-6-14(7-5-13)24-20(27)15-10-18(26(28)29)17(21-2)11-16(15)23-12-19-22-8-9-25(19)3/h8-11,13-14,21,23H,4-7,12H2,1-3H3,(H,24,27)/t13-,14-. The van der Waals surface area contributed by atoms with E-state index in [-0.39, 0.29) is 23.2 Å². The number of imidazole rings is 1. The fraction of sp³-hybridized carbons (Fsp3) is 0.500. The summed E-state index contributed by atoms with van der Waals surface area (Å²) in [5.41, 5.74) is 1.02. The third kappa shape index (κ3) is 4.85. The first-order valence-corrected chi connectivity index (χ1v) is 9.90. The van der Waals surface area contributed by atoms with E-state index in [0.717, 1.165) is 31.5 Å². The lowest BCUT2D eigenvalue weighted by Gasteiger charge is -2.27. The molecule has 0 spiro atoms. The Bertz CT molecular complexity index is 886. The van der Waals surface area contributed by atoms with Gasteiger partial charge in [0, 0.05) is 44.3 Å². The summed E-state index contributed by atoms with van der Waals surface area (Å²) < 4.78 is 1.88.